The number of Topliss-reactive ketones (excluding diaryl/α,β-unsaturated/α-hetero) is 1. The number of carbonyl (C=O) groups excluding carboxylic acids is 1. The molecule has 0 bridgehead atoms. The van der Waals surface area contributed by atoms with Crippen molar-refractivity contribution in [3.05, 3.63) is 49.4 Å². The Morgan fingerprint density at radius 2 is 1.76 bits per heavy atom. The van der Waals surface area contributed by atoms with Crippen LogP contribution in [-0.2, 0) is 4.79 Å². The van der Waals surface area contributed by atoms with Gasteiger partial charge in [0.05, 0.1) is 9.20 Å². The average molecular weight is 359 g/mol. The van der Waals surface area contributed by atoms with Gasteiger partial charge in [-0.25, -0.2) is 0 Å². The highest BCUT2D eigenvalue weighted by atomic mass is 32.1. The van der Waals surface area contributed by atoms with Crippen LogP contribution in [0.25, 0.3) is 12.2 Å². The number of aromatic nitrogens is 1. The summed E-state index contributed by atoms with van der Waals surface area (Å²) in [6.07, 6.45) is 3.38. The fraction of sp³-hybridized carbons (Fsp3) is 0.400. The average Bonchev–Trinajstić information content (AvgIpc) is 2.88. The molecule has 0 saturated heterocycles. The van der Waals surface area contributed by atoms with Crippen LogP contribution < -0.4 is 19.7 Å². The fourth-order valence-electron chi connectivity index (χ4n) is 2.38. The molecule has 2 rings (SSSR count). The van der Waals surface area contributed by atoms with E-state index in [0.29, 0.717) is 9.20 Å². The number of aromatic amines is 1. The van der Waals surface area contributed by atoms with E-state index in [1.165, 1.54) is 23.1 Å². The second-order valence-corrected chi connectivity index (χ2v) is 8.04. The molecule has 25 heavy (non-hydrogen) atoms. The first-order chi connectivity index (χ1) is 11.7. The summed E-state index contributed by atoms with van der Waals surface area (Å²) in [4.78, 5) is 29.2. The molecule has 0 aliphatic rings. The minimum atomic E-state index is -0.453. The first-order valence-electron chi connectivity index (χ1n) is 8.56. The molecule has 1 aromatic heterocycles. The van der Waals surface area contributed by atoms with Gasteiger partial charge in [-0.2, -0.15) is 0 Å². The molecule has 0 fully saturated rings. The summed E-state index contributed by atoms with van der Waals surface area (Å²) in [5.74, 6) is 0.000116. The summed E-state index contributed by atoms with van der Waals surface area (Å²) in [5, 5.41) is 0. The van der Waals surface area contributed by atoms with Crippen molar-refractivity contribution in [3.63, 3.8) is 0 Å². The highest BCUT2D eigenvalue weighted by Crippen LogP contribution is 2.15. The van der Waals surface area contributed by atoms with E-state index >= 15 is 0 Å². The van der Waals surface area contributed by atoms with Crippen molar-refractivity contribution >= 4 is 35.0 Å². The van der Waals surface area contributed by atoms with E-state index in [1.54, 1.807) is 0 Å². The topological polar surface area (TPSA) is 53.2 Å². The number of carbonyl (C=O) groups is 1. The zero-order valence-electron chi connectivity index (χ0n) is 15.6. The molecule has 0 aliphatic heterocycles. The monoisotopic (exact) mass is 358 g/mol. The van der Waals surface area contributed by atoms with E-state index in [2.05, 4.69) is 35.9 Å². The highest BCUT2D eigenvalue weighted by Gasteiger charge is 2.18. The second kappa shape index (κ2) is 7.83. The first kappa shape index (κ1) is 19.2. The fourth-order valence-corrected chi connectivity index (χ4v) is 3.27. The van der Waals surface area contributed by atoms with Crippen LogP contribution in [0, 0.1) is 5.41 Å². The van der Waals surface area contributed by atoms with Crippen molar-refractivity contribution in [2.75, 3.05) is 18.0 Å². The SMILES string of the molecule is CCN(CC)c1ccc(/C=c2\s/c(=C\C(=O)C(C)(C)C)[nH]c2=O)cc1. The third-order valence-corrected chi connectivity index (χ3v) is 4.96. The summed E-state index contributed by atoms with van der Waals surface area (Å²) in [5.41, 5.74) is 1.53. The van der Waals surface area contributed by atoms with Crippen LogP contribution in [-0.4, -0.2) is 23.9 Å². The smallest absolute Gasteiger partial charge is 0.266 e. The summed E-state index contributed by atoms with van der Waals surface area (Å²) in [6.45, 7) is 11.8. The maximum Gasteiger partial charge on any atom is 0.266 e. The van der Waals surface area contributed by atoms with Gasteiger partial charge in [-0.1, -0.05) is 32.9 Å². The van der Waals surface area contributed by atoms with E-state index in [-0.39, 0.29) is 11.3 Å². The molecule has 0 saturated carbocycles. The Labute approximate surface area is 152 Å². The van der Waals surface area contributed by atoms with E-state index in [4.69, 9.17) is 0 Å². The van der Waals surface area contributed by atoms with Gasteiger partial charge in [-0.3, -0.25) is 9.59 Å². The van der Waals surface area contributed by atoms with Gasteiger partial charge in [0.2, 0.25) is 0 Å². The van der Waals surface area contributed by atoms with E-state index in [1.807, 2.05) is 39.0 Å². The number of hydrogen-bond acceptors (Lipinski definition) is 4. The van der Waals surface area contributed by atoms with Crippen LogP contribution in [0.3, 0.4) is 0 Å². The summed E-state index contributed by atoms with van der Waals surface area (Å²) in [6, 6.07) is 8.15. The number of H-pyrrole nitrogens is 1. The minimum Gasteiger partial charge on any atom is -0.372 e. The van der Waals surface area contributed by atoms with E-state index < -0.39 is 5.41 Å². The second-order valence-electron chi connectivity index (χ2n) is 6.95. The Morgan fingerprint density at radius 3 is 2.28 bits per heavy atom. The van der Waals surface area contributed by atoms with Crippen LogP contribution in [0.1, 0.15) is 40.2 Å². The summed E-state index contributed by atoms with van der Waals surface area (Å²) >= 11 is 1.31. The number of thiazole rings is 1. The third-order valence-electron chi connectivity index (χ3n) is 4.00. The van der Waals surface area contributed by atoms with Crippen LogP contribution in [0.5, 0.6) is 0 Å². The third kappa shape index (κ3) is 4.92. The molecule has 0 radical (unpaired) electrons. The van der Waals surface area contributed by atoms with Crippen LogP contribution in [0.2, 0.25) is 0 Å². The Kier molecular flexibility index (Phi) is 6.01. The quantitative estimate of drug-likeness (QED) is 0.893. The number of ketones is 1. The predicted molar refractivity (Wildman–Crippen MR) is 107 cm³/mol. The lowest BCUT2D eigenvalue weighted by atomic mass is 9.91. The Morgan fingerprint density at radius 1 is 1.16 bits per heavy atom. The van der Waals surface area contributed by atoms with Gasteiger partial charge in [0.25, 0.3) is 5.56 Å². The van der Waals surface area contributed by atoms with Crippen LogP contribution >= 0.6 is 11.3 Å². The number of anilines is 1. The van der Waals surface area contributed by atoms with Crippen molar-refractivity contribution < 1.29 is 4.79 Å². The van der Waals surface area contributed by atoms with Gasteiger partial charge in [-0.15, -0.1) is 11.3 Å². The number of nitrogens with zero attached hydrogens (tertiary/aromatic N) is 1. The number of nitrogens with one attached hydrogen (secondary N) is 1. The van der Waals surface area contributed by atoms with Crippen LogP contribution in [0.15, 0.2) is 29.1 Å². The van der Waals surface area contributed by atoms with Crippen molar-refractivity contribution in [3.8, 4) is 0 Å². The summed E-state index contributed by atoms with van der Waals surface area (Å²) in [7, 11) is 0. The molecule has 0 aliphatic carbocycles. The number of benzene rings is 1. The number of hydrogen-bond donors (Lipinski definition) is 1. The standard InChI is InChI=1S/C20H26N2O2S/c1-6-22(7-2)15-10-8-14(9-11-15)12-16-19(24)21-18(25-16)13-17(23)20(3,4)5/h8-13H,6-7H2,1-5H3,(H,21,24)/b16-12-,18-13-. The molecule has 0 atom stereocenters. The maximum absolute atomic E-state index is 12.1. The molecule has 1 N–H and O–H groups in total. The molecule has 2 aromatic rings. The molecule has 134 valence electrons. The molecule has 0 amide bonds. The Bertz CT molecular complexity index is 895. The van der Waals surface area contributed by atoms with Crippen molar-refractivity contribution in [2.24, 2.45) is 5.41 Å². The lowest BCUT2D eigenvalue weighted by Gasteiger charge is -2.20. The molecule has 0 spiro atoms. The lowest BCUT2D eigenvalue weighted by Crippen LogP contribution is -2.22. The highest BCUT2D eigenvalue weighted by molar-refractivity contribution is 7.07. The van der Waals surface area contributed by atoms with Gasteiger partial charge in [0.15, 0.2) is 5.78 Å². The zero-order chi connectivity index (χ0) is 18.6. The van der Waals surface area contributed by atoms with Crippen molar-refractivity contribution in [1.29, 1.82) is 0 Å². The van der Waals surface area contributed by atoms with E-state index in [9.17, 15) is 9.59 Å². The maximum atomic E-state index is 12.1. The van der Waals surface area contributed by atoms with Gasteiger partial charge < -0.3 is 9.88 Å². The van der Waals surface area contributed by atoms with Gasteiger partial charge in [0, 0.05) is 30.3 Å². The van der Waals surface area contributed by atoms with Crippen molar-refractivity contribution in [2.45, 2.75) is 34.6 Å². The Balaban J connectivity index is 2.35. The van der Waals surface area contributed by atoms with Gasteiger partial charge in [-0.05, 0) is 37.6 Å². The first-order valence-corrected chi connectivity index (χ1v) is 9.38. The molecular formula is C20H26N2O2S. The molecular weight excluding hydrogens is 332 g/mol. The predicted octanol–water partition coefficient (Wildman–Crippen LogP) is 2.51. The van der Waals surface area contributed by atoms with Gasteiger partial charge >= 0.3 is 0 Å². The van der Waals surface area contributed by atoms with Crippen LogP contribution in [0.4, 0.5) is 5.69 Å². The summed E-state index contributed by atoms with van der Waals surface area (Å²) < 4.78 is 1.19. The Hall–Kier alpha value is -2.14. The zero-order valence-corrected chi connectivity index (χ0v) is 16.4. The number of rotatable bonds is 5. The largest absolute Gasteiger partial charge is 0.372 e. The molecule has 5 heteroatoms. The molecule has 1 aromatic carbocycles. The van der Waals surface area contributed by atoms with Gasteiger partial charge in [0.1, 0.15) is 0 Å². The molecule has 1 heterocycles. The lowest BCUT2D eigenvalue weighted by molar-refractivity contribution is -0.119. The van der Waals surface area contributed by atoms with Crippen molar-refractivity contribution in [1.82, 2.24) is 4.98 Å². The van der Waals surface area contributed by atoms with E-state index in [0.717, 1.165) is 18.7 Å². The minimum absolute atomic E-state index is 0.000116. The molecule has 0 unspecified atom stereocenters. The normalized spacial score (nSPS) is 13.3. The molecule has 4 nitrogen and oxygen atoms in total.